The SMILES string of the molecule is CC(c1ccc(Br)cc1)n1c(CO)nc2cc(N)ccc21. The number of fused-ring (bicyclic) bond motifs is 1. The van der Waals surface area contributed by atoms with E-state index in [-0.39, 0.29) is 12.6 Å². The third-order valence-corrected chi connectivity index (χ3v) is 4.20. The van der Waals surface area contributed by atoms with E-state index in [1.807, 2.05) is 30.3 Å². The summed E-state index contributed by atoms with van der Waals surface area (Å²) in [7, 11) is 0. The molecule has 1 atom stereocenters. The summed E-state index contributed by atoms with van der Waals surface area (Å²) in [5.74, 6) is 0.644. The lowest BCUT2D eigenvalue weighted by Gasteiger charge is -2.17. The Labute approximate surface area is 131 Å². The topological polar surface area (TPSA) is 64.1 Å². The fourth-order valence-electron chi connectivity index (χ4n) is 2.60. The average molecular weight is 346 g/mol. The molecule has 108 valence electrons. The Kier molecular flexibility index (Phi) is 3.69. The van der Waals surface area contributed by atoms with Crippen molar-refractivity contribution in [2.45, 2.75) is 19.6 Å². The standard InChI is InChI=1S/C16H16BrN3O/c1-10(11-2-4-12(17)5-3-11)20-15-7-6-13(18)8-14(15)19-16(20)9-21/h2-8,10,21H,9,18H2,1H3. The molecule has 21 heavy (non-hydrogen) atoms. The highest BCUT2D eigenvalue weighted by atomic mass is 79.9. The number of halogens is 1. The Morgan fingerprint density at radius 2 is 1.95 bits per heavy atom. The summed E-state index contributed by atoms with van der Waals surface area (Å²) < 4.78 is 3.10. The molecule has 0 fully saturated rings. The van der Waals surface area contributed by atoms with Crippen molar-refractivity contribution in [3.8, 4) is 0 Å². The van der Waals surface area contributed by atoms with Crippen LogP contribution in [0.3, 0.4) is 0 Å². The van der Waals surface area contributed by atoms with Gasteiger partial charge in [-0.1, -0.05) is 28.1 Å². The first-order chi connectivity index (χ1) is 10.1. The lowest BCUT2D eigenvalue weighted by molar-refractivity contribution is 0.264. The summed E-state index contributed by atoms with van der Waals surface area (Å²) in [6.07, 6.45) is 0. The van der Waals surface area contributed by atoms with E-state index in [4.69, 9.17) is 5.73 Å². The van der Waals surface area contributed by atoms with Crippen LogP contribution >= 0.6 is 15.9 Å². The van der Waals surface area contributed by atoms with E-state index in [1.165, 1.54) is 0 Å². The van der Waals surface area contributed by atoms with E-state index in [0.717, 1.165) is 21.1 Å². The average Bonchev–Trinajstić information content (AvgIpc) is 2.84. The van der Waals surface area contributed by atoms with Gasteiger partial charge in [0.1, 0.15) is 12.4 Å². The molecule has 0 bridgehead atoms. The fourth-order valence-corrected chi connectivity index (χ4v) is 2.86. The molecule has 1 unspecified atom stereocenters. The van der Waals surface area contributed by atoms with Crippen LogP contribution in [0.5, 0.6) is 0 Å². The molecule has 3 rings (SSSR count). The molecule has 0 spiro atoms. The molecule has 4 nitrogen and oxygen atoms in total. The Morgan fingerprint density at radius 1 is 1.24 bits per heavy atom. The molecular formula is C16H16BrN3O. The van der Waals surface area contributed by atoms with Crippen molar-refractivity contribution >= 4 is 32.7 Å². The number of nitrogens with zero attached hydrogens (tertiary/aromatic N) is 2. The zero-order chi connectivity index (χ0) is 15.0. The minimum absolute atomic E-state index is 0.0777. The quantitative estimate of drug-likeness (QED) is 0.714. The molecule has 0 radical (unpaired) electrons. The molecule has 3 N–H and O–H groups in total. The minimum atomic E-state index is -0.102. The monoisotopic (exact) mass is 345 g/mol. The summed E-state index contributed by atoms with van der Waals surface area (Å²) >= 11 is 3.45. The summed E-state index contributed by atoms with van der Waals surface area (Å²) in [4.78, 5) is 4.48. The molecule has 0 saturated heterocycles. The normalized spacial score (nSPS) is 12.7. The number of imidazole rings is 1. The van der Waals surface area contributed by atoms with Gasteiger partial charge < -0.3 is 15.4 Å². The Bertz CT molecular complexity index is 780. The Hall–Kier alpha value is -1.85. The highest BCUT2D eigenvalue weighted by Gasteiger charge is 2.16. The van der Waals surface area contributed by atoms with E-state index in [2.05, 4.69) is 44.5 Å². The molecular weight excluding hydrogens is 330 g/mol. The molecule has 3 aromatic rings. The number of aromatic nitrogens is 2. The van der Waals surface area contributed by atoms with Crippen molar-refractivity contribution in [3.63, 3.8) is 0 Å². The van der Waals surface area contributed by atoms with Gasteiger partial charge >= 0.3 is 0 Å². The van der Waals surface area contributed by atoms with Crippen LogP contribution in [0.25, 0.3) is 11.0 Å². The van der Waals surface area contributed by atoms with Gasteiger partial charge in [0.15, 0.2) is 0 Å². The molecule has 0 amide bonds. The van der Waals surface area contributed by atoms with Crippen LogP contribution in [0.2, 0.25) is 0 Å². The van der Waals surface area contributed by atoms with Crippen LogP contribution in [-0.4, -0.2) is 14.7 Å². The molecule has 5 heteroatoms. The van der Waals surface area contributed by atoms with Crippen molar-refractivity contribution in [2.75, 3.05) is 5.73 Å². The minimum Gasteiger partial charge on any atom is -0.399 e. The molecule has 1 heterocycles. The molecule has 2 aromatic carbocycles. The largest absolute Gasteiger partial charge is 0.399 e. The van der Waals surface area contributed by atoms with Crippen LogP contribution in [0.1, 0.15) is 24.4 Å². The number of anilines is 1. The second kappa shape index (κ2) is 5.50. The van der Waals surface area contributed by atoms with Gasteiger partial charge in [-0.15, -0.1) is 0 Å². The Balaban J connectivity index is 2.16. The zero-order valence-corrected chi connectivity index (χ0v) is 13.2. The second-order valence-electron chi connectivity index (χ2n) is 5.03. The predicted molar refractivity (Wildman–Crippen MR) is 88.0 cm³/mol. The second-order valence-corrected chi connectivity index (χ2v) is 5.95. The van der Waals surface area contributed by atoms with E-state index >= 15 is 0 Å². The highest BCUT2D eigenvalue weighted by molar-refractivity contribution is 9.10. The van der Waals surface area contributed by atoms with Crippen molar-refractivity contribution in [1.82, 2.24) is 9.55 Å². The molecule has 0 aliphatic carbocycles. The van der Waals surface area contributed by atoms with Gasteiger partial charge in [-0.05, 0) is 42.8 Å². The number of aliphatic hydroxyl groups is 1. The summed E-state index contributed by atoms with van der Waals surface area (Å²) in [6.45, 7) is 2.00. The van der Waals surface area contributed by atoms with Crippen LogP contribution in [0.15, 0.2) is 46.9 Å². The van der Waals surface area contributed by atoms with Gasteiger partial charge in [0.05, 0.1) is 17.1 Å². The summed E-state index contributed by atoms with van der Waals surface area (Å²) in [5, 5.41) is 9.61. The van der Waals surface area contributed by atoms with Gasteiger partial charge in [-0.3, -0.25) is 0 Å². The van der Waals surface area contributed by atoms with E-state index in [9.17, 15) is 5.11 Å². The summed E-state index contributed by atoms with van der Waals surface area (Å²) in [6, 6.07) is 13.9. The number of nitrogen functional groups attached to an aromatic ring is 1. The van der Waals surface area contributed by atoms with Crippen molar-refractivity contribution in [3.05, 3.63) is 58.3 Å². The lowest BCUT2D eigenvalue weighted by Crippen LogP contribution is -2.10. The van der Waals surface area contributed by atoms with Crippen molar-refractivity contribution < 1.29 is 5.11 Å². The van der Waals surface area contributed by atoms with Crippen molar-refractivity contribution in [1.29, 1.82) is 0 Å². The van der Waals surface area contributed by atoms with Gasteiger partial charge in [-0.25, -0.2) is 4.98 Å². The lowest BCUT2D eigenvalue weighted by atomic mass is 10.1. The van der Waals surface area contributed by atoms with Crippen LogP contribution in [-0.2, 0) is 6.61 Å². The summed E-state index contributed by atoms with van der Waals surface area (Å²) in [5.41, 5.74) is 9.43. The van der Waals surface area contributed by atoms with Crippen LogP contribution in [0, 0.1) is 0 Å². The number of rotatable bonds is 3. The maximum absolute atomic E-state index is 9.61. The van der Waals surface area contributed by atoms with E-state index in [0.29, 0.717) is 11.5 Å². The maximum atomic E-state index is 9.61. The number of nitrogens with two attached hydrogens (primary N) is 1. The van der Waals surface area contributed by atoms with E-state index < -0.39 is 0 Å². The first-order valence-corrected chi connectivity index (χ1v) is 7.52. The van der Waals surface area contributed by atoms with Crippen LogP contribution in [0.4, 0.5) is 5.69 Å². The first-order valence-electron chi connectivity index (χ1n) is 6.73. The third kappa shape index (κ3) is 2.54. The predicted octanol–water partition coefficient (Wildman–Crippen LogP) is 3.48. The van der Waals surface area contributed by atoms with Crippen molar-refractivity contribution in [2.24, 2.45) is 0 Å². The van der Waals surface area contributed by atoms with Gasteiger partial charge in [-0.2, -0.15) is 0 Å². The number of benzene rings is 2. The molecule has 0 saturated carbocycles. The maximum Gasteiger partial charge on any atom is 0.136 e. The first kappa shape index (κ1) is 14.1. The molecule has 0 aliphatic heterocycles. The molecule has 0 aliphatic rings. The van der Waals surface area contributed by atoms with Gasteiger partial charge in [0, 0.05) is 10.2 Å². The number of hydrogen-bond donors (Lipinski definition) is 2. The molecule has 1 aromatic heterocycles. The van der Waals surface area contributed by atoms with Gasteiger partial charge in [0.2, 0.25) is 0 Å². The Morgan fingerprint density at radius 3 is 2.62 bits per heavy atom. The third-order valence-electron chi connectivity index (χ3n) is 3.67. The van der Waals surface area contributed by atoms with Gasteiger partial charge in [0.25, 0.3) is 0 Å². The van der Waals surface area contributed by atoms with E-state index in [1.54, 1.807) is 0 Å². The smallest absolute Gasteiger partial charge is 0.136 e. The highest BCUT2D eigenvalue weighted by Crippen LogP contribution is 2.28. The number of hydrogen-bond acceptors (Lipinski definition) is 3. The fraction of sp³-hybridized carbons (Fsp3) is 0.188. The number of aliphatic hydroxyl groups excluding tert-OH is 1. The zero-order valence-electron chi connectivity index (χ0n) is 11.6. The van der Waals surface area contributed by atoms with Crippen LogP contribution < -0.4 is 5.73 Å².